The van der Waals surface area contributed by atoms with E-state index in [4.69, 9.17) is 4.98 Å². The van der Waals surface area contributed by atoms with E-state index in [2.05, 4.69) is 197 Å². The van der Waals surface area contributed by atoms with Crippen LogP contribution in [0.5, 0.6) is 0 Å². The van der Waals surface area contributed by atoms with Gasteiger partial charge in [0.05, 0.1) is 11.4 Å². The molecular weight excluding hydrogens is 631 g/mol. The number of pyridine rings is 1. The highest BCUT2D eigenvalue weighted by atomic mass is 15.1. The Bertz CT molecular complexity index is 2860. The molecule has 0 aliphatic rings. The van der Waals surface area contributed by atoms with Crippen LogP contribution in [-0.4, -0.2) is 9.38 Å². The highest BCUT2D eigenvalue weighted by molar-refractivity contribution is 6.25. The molecule has 2 aromatic heterocycles. The maximum Gasteiger partial charge on any atom is 0.137 e. The van der Waals surface area contributed by atoms with E-state index < -0.39 is 0 Å². The van der Waals surface area contributed by atoms with E-state index >= 15 is 0 Å². The molecule has 0 saturated heterocycles. The summed E-state index contributed by atoms with van der Waals surface area (Å²) in [5.74, 6) is 0. The van der Waals surface area contributed by atoms with Crippen molar-refractivity contribution in [1.29, 1.82) is 0 Å². The molecule has 0 spiro atoms. The molecule has 0 unspecified atom stereocenters. The second kappa shape index (κ2) is 12.4. The van der Waals surface area contributed by atoms with Gasteiger partial charge in [0.2, 0.25) is 0 Å². The Kier molecular flexibility index (Phi) is 7.14. The third-order valence-electron chi connectivity index (χ3n) is 10.2. The Labute approximate surface area is 302 Å². The van der Waals surface area contributed by atoms with Crippen molar-refractivity contribution in [1.82, 2.24) is 9.38 Å². The van der Waals surface area contributed by atoms with Gasteiger partial charge in [0, 0.05) is 34.4 Å². The van der Waals surface area contributed by atoms with Gasteiger partial charge in [0.15, 0.2) is 0 Å². The number of hydrogen-bond donors (Lipinski definition) is 0. The zero-order chi connectivity index (χ0) is 34.4. The molecule has 8 aromatic carbocycles. The van der Waals surface area contributed by atoms with Gasteiger partial charge in [-0.05, 0) is 98.0 Å². The van der Waals surface area contributed by atoms with Gasteiger partial charge >= 0.3 is 0 Å². The van der Waals surface area contributed by atoms with Gasteiger partial charge in [-0.3, -0.25) is 4.40 Å². The van der Waals surface area contributed by atoms with Crippen molar-refractivity contribution in [2.24, 2.45) is 0 Å². The molecule has 2 heterocycles. The normalized spacial score (nSPS) is 11.5. The molecule has 10 rings (SSSR count). The van der Waals surface area contributed by atoms with Crippen LogP contribution in [0, 0.1) is 0 Å². The molecule has 244 valence electrons. The highest BCUT2D eigenvalue weighted by Gasteiger charge is 2.18. The lowest BCUT2D eigenvalue weighted by molar-refractivity contribution is 1.19. The fourth-order valence-corrected chi connectivity index (χ4v) is 7.77. The average Bonchev–Trinajstić information content (AvgIpc) is 3.62. The first-order chi connectivity index (χ1) is 25.8. The van der Waals surface area contributed by atoms with Gasteiger partial charge in [-0.15, -0.1) is 0 Å². The summed E-state index contributed by atoms with van der Waals surface area (Å²) in [6.45, 7) is 0. The summed E-state index contributed by atoms with van der Waals surface area (Å²) in [5.41, 5.74) is 10.8. The molecule has 3 nitrogen and oxygen atoms in total. The van der Waals surface area contributed by atoms with E-state index in [1.165, 1.54) is 43.4 Å². The second-order valence-corrected chi connectivity index (χ2v) is 13.2. The Morgan fingerprint density at radius 3 is 1.58 bits per heavy atom. The summed E-state index contributed by atoms with van der Waals surface area (Å²) in [6, 6.07) is 69.5. The van der Waals surface area contributed by atoms with Gasteiger partial charge < -0.3 is 4.90 Å². The van der Waals surface area contributed by atoms with Crippen LogP contribution in [0.3, 0.4) is 0 Å². The number of anilines is 3. The highest BCUT2D eigenvalue weighted by Crippen LogP contribution is 2.41. The molecule has 0 fully saturated rings. The molecule has 3 heteroatoms. The third kappa shape index (κ3) is 5.02. The molecule has 0 aliphatic heterocycles. The Morgan fingerprint density at radius 2 is 0.865 bits per heavy atom. The molecular formula is C49H33N3. The molecule has 0 N–H and O–H groups in total. The topological polar surface area (TPSA) is 20.5 Å². The first-order valence-corrected chi connectivity index (χ1v) is 17.7. The summed E-state index contributed by atoms with van der Waals surface area (Å²) in [7, 11) is 0. The number of para-hydroxylation sites is 1. The summed E-state index contributed by atoms with van der Waals surface area (Å²) < 4.78 is 2.19. The van der Waals surface area contributed by atoms with Crippen molar-refractivity contribution in [2.45, 2.75) is 0 Å². The van der Waals surface area contributed by atoms with Gasteiger partial charge in [-0.2, -0.15) is 0 Å². The van der Waals surface area contributed by atoms with Crippen LogP contribution in [0.15, 0.2) is 200 Å². The monoisotopic (exact) mass is 663 g/mol. The quantitative estimate of drug-likeness (QED) is 0.165. The van der Waals surface area contributed by atoms with Crippen LogP contribution in [0.2, 0.25) is 0 Å². The Morgan fingerprint density at radius 1 is 0.346 bits per heavy atom. The van der Waals surface area contributed by atoms with Gasteiger partial charge in [0.25, 0.3) is 0 Å². The predicted molar refractivity (Wildman–Crippen MR) is 219 cm³/mol. The fourth-order valence-electron chi connectivity index (χ4n) is 7.77. The maximum atomic E-state index is 5.05. The van der Waals surface area contributed by atoms with Gasteiger partial charge in [-0.1, -0.05) is 140 Å². The van der Waals surface area contributed by atoms with Crippen LogP contribution in [-0.2, 0) is 0 Å². The number of nitrogens with zero attached hydrogens (tertiary/aromatic N) is 3. The van der Waals surface area contributed by atoms with Crippen LogP contribution < -0.4 is 4.90 Å². The first-order valence-electron chi connectivity index (χ1n) is 17.7. The van der Waals surface area contributed by atoms with Gasteiger partial charge in [0.1, 0.15) is 5.65 Å². The van der Waals surface area contributed by atoms with E-state index in [1.807, 2.05) is 12.1 Å². The summed E-state index contributed by atoms with van der Waals surface area (Å²) in [6.07, 6.45) is 2.10. The number of aromatic nitrogens is 2. The maximum absolute atomic E-state index is 5.05. The number of imidazole rings is 1. The lowest BCUT2D eigenvalue weighted by Crippen LogP contribution is -2.09. The van der Waals surface area contributed by atoms with Crippen LogP contribution in [0.4, 0.5) is 17.1 Å². The Hall–Kier alpha value is -6.97. The van der Waals surface area contributed by atoms with Gasteiger partial charge in [-0.25, -0.2) is 4.98 Å². The molecule has 0 atom stereocenters. The second-order valence-electron chi connectivity index (χ2n) is 13.2. The zero-order valence-electron chi connectivity index (χ0n) is 28.4. The average molecular weight is 664 g/mol. The van der Waals surface area contributed by atoms with Crippen molar-refractivity contribution in [3.05, 3.63) is 200 Å². The van der Waals surface area contributed by atoms with Crippen molar-refractivity contribution in [2.75, 3.05) is 4.90 Å². The standard InChI is InChI=1S/C49H33N3/c1-3-14-34(15-4-1)48-49(51-31-12-11-24-47(51)50-48)35-25-28-39(29-26-35)52(38-17-5-2-6-18-38)40-19-13-16-36(32-40)37-27-30-45-43-22-8-7-20-41(43)42-21-9-10-23-44(42)46(45)33-37/h1-33H. The molecule has 10 aromatic rings. The minimum Gasteiger partial charge on any atom is -0.310 e. The lowest BCUT2D eigenvalue weighted by Gasteiger charge is -2.26. The molecule has 0 aliphatic carbocycles. The number of benzene rings is 8. The van der Waals surface area contributed by atoms with Crippen molar-refractivity contribution >= 4 is 55.0 Å². The fraction of sp³-hybridized carbons (Fsp3) is 0. The van der Waals surface area contributed by atoms with Crippen molar-refractivity contribution in [3.8, 4) is 33.6 Å². The van der Waals surface area contributed by atoms with E-state index in [0.29, 0.717) is 0 Å². The summed E-state index contributed by atoms with van der Waals surface area (Å²) in [4.78, 5) is 7.39. The summed E-state index contributed by atoms with van der Waals surface area (Å²) >= 11 is 0. The minimum absolute atomic E-state index is 0.929. The molecule has 52 heavy (non-hydrogen) atoms. The van der Waals surface area contributed by atoms with E-state index in [-0.39, 0.29) is 0 Å². The van der Waals surface area contributed by atoms with Crippen LogP contribution in [0.1, 0.15) is 0 Å². The number of hydrogen-bond acceptors (Lipinski definition) is 2. The van der Waals surface area contributed by atoms with Crippen LogP contribution >= 0.6 is 0 Å². The molecule has 0 amide bonds. The lowest BCUT2D eigenvalue weighted by atomic mass is 9.92. The van der Waals surface area contributed by atoms with Crippen molar-refractivity contribution in [3.63, 3.8) is 0 Å². The first kappa shape index (κ1) is 29.9. The number of fused-ring (bicyclic) bond motifs is 7. The number of rotatable bonds is 6. The van der Waals surface area contributed by atoms with E-state index in [0.717, 1.165) is 45.2 Å². The molecule has 0 saturated carbocycles. The van der Waals surface area contributed by atoms with Crippen LogP contribution in [0.25, 0.3) is 71.6 Å². The summed E-state index contributed by atoms with van der Waals surface area (Å²) in [5, 5.41) is 7.70. The third-order valence-corrected chi connectivity index (χ3v) is 10.2. The van der Waals surface area contributed by atoms with E-state index in [9.17, 15) is 0 Å². The smallest absolute Gasteiger partial charge is 0.137 e. The zero-order valence-corrected chi connectivity index (χ0v) is 28.4. The molecule has 0 bridgehead atoms. The van der Waals surface area contributed by atoms with Crippen molar-refractivity contribution < 1.29 is 0 Å². The molecule has 0 radical (unpaired) electrons. The largest absolute Gasteiger partial charge is 0.310 e. The minimum atomic E-state index is 0.929. The predicted octanol–water partition coefficient (Wildman–Crippen LogP) is 13.3. The SMILES string of the molecule is c1ccc(-c2nc3ccccn3c2-c2ccc(N(c3ccccc3)c3cccc(-c4ccc5c6ccccc6c6ccccc6c5c4)c3)cc2)cc1. The Balaban J connectivity index is 1.09. The van der Waals surface area contributed by atoms with E-state index in [1.54, 1.807) is 0 Å².